The fraction of sp³-hybridized carbons (Fsp3) is 0.545. The van der Waals surface area contributed by atoms with E-state index in [0.717, 1.165) is 0 Å². The van der Waals surface area contributed by atoms with Crippen LogP contribution in [-0.4, -0.2) is 27.2 Å². The zero-order valence-corrected chi connectivity index (χ0v) is 11.5. The molecule has 2 amide bonds. The first kappa shape index (κ1) is 15.0. The highest BCUT2D eigenvalue weighted by atomic mass is 16.6. The Bertz CT molecular complexity index is 501. The second kappa shape index (κ2) is 5.27. The van der Waals surface area contributed by atoms with Crippen molar-refractivity contribution in [1.29, 1.82) is 0 Å². The van der Waals surface area contributed by atoms with E-state index in [2.05, 4.69) is 10.3 Å². The highest BCUT2D eigenvalue weighted by Gasteiger charge is 2.23. The number of primary amides is 1. The maximum Gasteiger partial charge on any atom is 0.413 e. The Labute approximate surface area is 111 Å². The van der Waals surface area contributed by atoms with E-state index in [1.165, 1.54) is 4.57 Å². The van der Waals surface area contributed by atoms with Gasteiger partial charge in [-0.1, -0.05) is 0 Å². The molecule has 106 valence electrons. The fourth-order valence-electron chi connectivity index (χ4n) is 1.44. The SMILES string of the molecule is Cn1c(CN)nc(C(N)=O)c1NC(=O)OC(C)(C)C. The molecule has 0 aliphatic heterocycles. The Morgan fingerprint density at radius 1 is 1.42 bits per heavy atom. The minimum Gasteiger partial charge on any atom is -0.444 e. The molecule has 0 bridgehead atoms. The number of nitrogens with two attached hydrogens (primary N) is 2. The number of rotatable bonds is 3. The summed E-state index contributed by atoms with van der Waals surface area (Å²) in [7, 11) is 1.62. The van der Waals surface area contributed by atoms with Crippen LogP contribution in [-0.2, 0) is 18.3 Å². The molecule has 0 saturated carbocycles. The van der Waals surface area contributed by atoms with E-state index < -0.39 is 17.6 Å². The zero-order valence-electron chi connectivity index (χ0n) is 11.5. The lowest BCUT2D eigenvalue weighted by Crippen LogP contribution is -2.28. The summed E-state index contributed by atoms with van der Waals surface area (Å²) in [5.41, 5.74) is 10.00. The topological polar surface area (TPSA) is 125 Å². The van der Waals surface area contributed by atoms with Crippen molar-refractivity contribution >= 4 is 17.8 Å². The van der Waals surface area contributed by atoms with Crippen LogP contribution in [0.25, 0.3) is 0 Å². The number of anilines is 1. The summed E-state index contributed by atoms with van der Waals surface area (Å²) < 4.78 is 6.59. The van der Waals surface area contributed by atoms with Gasteiger partial charge in [0.25, 0.3) is 5.91 Å². The van der Waals surface area contributed by atoms with Crippen LogP contribution in [0, 0.1) is 0 Å². The number of carbonyl (C=O) groups is 2. The lowest BCUT2D eigenvalue weighted by atomic mass is 10.2. The number of hydrogen-bond donors (Lipinski definition) is 3. The summed E-state index contributed by atoms with van der Waals surface area (Å²) in [4.78, 5) is 26.9. The molecule has 1 heterocycles. The summed E-state index contributed by atoms with van der Waals surface area (Å²) in [5.74, 6) is -0.150. The van der Waals surface area contributed by atoms with Crippen LogP contribution in [0.1, 0.15) is 37.1 Å². The van der Waals surface area contributed by atoms with Crippen LogP contribution < -0.4 is 16.8 Å². The lowest BCUT2D eigenvalue weighted by Gasteiger charge is -2.20. The predicted molar refractivity (Wildman–Crippen MR) is 69.5 cm³/mol. The largest absolute Gasteiger partial charge is 0.444 e. The number of carbonyl (C=O) groups excluding carboxylic acids is 2. The number of amides is 2. The average molecular weight is 269 g/mol. The Hall–Kier alpha value is -2.09. The molecule has 0 spiro atoms. The van der Waals surface area contributed by atoms with Crippen molar-refractivity contribution in [3.63, 3.8) is 0 Å². The molecule has 0 saturated heterocycles. The number of nitrogens with one attached hydrogen (secondary N) is 1. The van der Waals surface area contributed by atoms with Crippen molar-refractivity contribution in [2.45, 2.75) is 32.9 Å². The molecule has 8 heteroatoms. The number of imidazole rings is 1. The molecule has 1 aromatic rings. The summed E-state index contributed by atoms with van der Waals surface area (Å²) in [6.45, 7) is 5.31. The molecule has 1 rings (SSSR count). The quantitative estimate of drug-likeness (QED) is 0.728. The molecule has 0 aliphatic carbocycles. The summed E-state index contributed by atoms with van der Waals surface area (Å²) in [5, 5.41) is 2.45. The maximum absolute atomic E-state index is 11.7. The molecule has 0 aliphatic rings. The number of nitrogens with zero attached hydrogens (tertiary/aromatic N) is 2. The van der Waals surface area contributed by atoms with Gasteiger partial charge in [-0.25, -0.2) is 9.78 Å². The van der Waals surface area contributed by atoms with Crippen LogP contribution in [0.4, 0.5) is 10.6 Å². The molecular formula is C11H19N5O3. The number of aromatic nitrogens is 2. The van der Waals surface area contributed by atoms with Crippen LogP contribution >= 0.6 is 0 Å². The standard InChI is InChI=1S/C11H19N5O3/c1-11(2,3)19-10(18)15-9-7(8(13)17)14-6(5-12)16(9)4/h5,12H2,1-4H3,(H2,13,17)(H,15,18). The maximum atomic E-state index is 11.7. The van der Waals surface area contributed by atoms with Gasteiger partial charge in [0.05, 0.1) is 6.54 Å². The summed E-state index contributed by atoms with van der Waals surface area (Å²) >= 11 is 0. The third-order valence-electron chi connectivity index (χ3n) is 2.22. The van der Waals surface area contributed by atoms with E-state index in [1.54, 1.807) is 27.8 Å². The zero-order chi connectivity index (χ0) is 14.8. The van der Waals surface area contributed by atoms with Crippen molar-refractivity contribution in [1.82, 2.24) is 9.55 Å². The third kappa shape index (κ3) is 3.68. The molecule has 0 aromatic carbocycles. The van der Waals surface area contributed by atoms with Gasteiger partial charge in [0, 0.05) is 7.05 Å². The molecule has 0 fully saturated rings. The predicted octanol–water partition coefficient (Wildman–Crippen LogP) is 0.325. The van der Waals surface area contributed by atoms with Gasteiger partial charge in [0.15, 0.2) is 5.69 Å². The van der Waals surface area contributed by atoms with Crippen LogP contribution in [0.3, 0.4) is 0 Å². The summed E-state index contributed by atoms with van der Waals surface area (Å²) in [6.07, 6.45) is -0.693. The molecule has 0 atom stereocenters. The van der Waals surface area contributed by atoms with E-state index in [0.29, 0.717) is 5.82 Å². The van der Waals surface area contributed by atoms with E-state index >= 15 is 0 Å². The van der Waals surface area contributed by atoms with Gasteiger partial charge >= 0.3 is 6.09 Å². The Morgan fingerprint density at radius 2 is 2.00 bits per heavy atom. The van der Waals surface area contributed by atoms with Crippen molar-refractivity contribution in [2.24, 2.45) is 18.5 Å². The van der Waals surface area contributed by atoms with Gasteiger partial charge in [-0.2, -0.15) is 0 Å². The Balaban J connectivity index is 3.03. The smallest absolute Gasteiger partial charge is 0.413 e. The molecule has 19 heavy (non-hydrogen) atoms. The first-order valence-corrected chi connectivity index (χ1v) is 5.71. The number of hydrogen-bond acceptors (Lipinski definition) is 5. The van der Waals surface area contributed by atoms with E-state index in [1.807, 2.05) is 0 Å². The molecule has 1 aromatic heterocycles. The normalized spacial score (nSPS) is 11.2. The lowest BCUT2D eigenvalue weighted by molar-refractivity contribution is 0.0634. The fourth-order valence-corrected chi connectivity index (χ4v) is 1.44. The van der Waals surface area contributed by atoms with Gasteiger partial charge < -0.3 is 20.8 Å². The van der Waals surface area contributed by atoms with E-state index in [-0.39, 0.29) is 18.1 Å². The van der Waals surface area contributed by atoms with E-state index in [9.17, 15) is 9.59 Å². The molecule has 5 N–H and O–H groups in total. The first-order valence-electron chi connectivity index (χ1n) is 5.71. The molecule has 8 nitrogen and oxygen atoms in total. The van der Waals surface area contributed by atoms with Crippen molar-refractivity contribution in [3.05, 3.63) is 11.5 Å². The van der Waals surface area contributed by atoms with Crippen LogP contribution in [0.2, 0.25) is 0 Å². The minimum absolute atomic E-state index is 0.0474. The summed E-state index contributed by atoms with van der Waals surface area (Å²) in [6, 6.07) is 0. The monoisotopic (exact) mass is 269 g/mol. The van der Waals surface area contributed by atoms with Gasteiger partial charge in [0.2, 0.25) is 0 Å². The average Bonchev–Trinajstić information content (AvgIpc) is 2.53. The van der Waals surface area contributed by atoms with E-state index in [4.69, 9.17) is 16.2 Å². The highest BCUT2D eigenvalue weighted by Crippen LogP contribution is 2.17. The first-order chi connectivity index (χ1) is 8.65. The van der Waals surface area contributed by atoms with Crippen LogP contribution in [0.15, 0.2) is 0 Å². The highest BCUT2D eigenvalue weighted by molar-refractivity contribution is 5.99. The number of ether oxygens (including phenoxy) is 1. The van der Waals surface area contributed by atoms with Crippen molar-refractivity contribution in [2.75, 3.05) is 5.32 Å². The van der Waals surface area contributed by atoms with Crippen molar-refractivity contribution < 1.29 is 14.3 Å². The van der Waals surface area contributed by atoms with Gasteiger partial charge in [-0.15, -0.1) is 0 Å². The second-order valence-electron chi connectivity index (χ2n) is 4.98. The Kier molecular flexibility index (Phi) is 4.15. The van der Waals surface area contributed by atoms with Gasteiger partial charge in [-0.3, -0.25) is 10.1 Å². The third-order valence-corrected chi connectivity index (χ3v) is 2.22. The molecular weight excluding hydrogens is 250 g/mol. The second-order valence-corrected chi connectivity index (χ2v) is 4.98. The minimum atomic E-state index is -0.749. The molecule has 0 radical (unpaired) electrons. The van der Waals surface area contributed by atoms with Gasteiger partial charge in [0.1, 0.15) is 17.2 Å². The van der Waals surface area contributed by atoms with Crippen LogP contribution in [0.5, 0.6) is 0 Å². The van der Waals surface area contributed by atoms with Gasteiger partial charge in [-0.05, 0) is 20.8 Å². The molecule has 0 unspecified atom stereocenters. The Morgan fingerprint density at radius 3 is 2.42 bits per heavy atom. The van der Waals surface area contributed by atoms with Crippen molar-refractivity contribution in [3.8, 4) is 0 Å².